The molecule has 0 bridgehead atoms. The molecule has 1 nitrogen and oxygen atoms in total. The zero-order valence-electron chi connectivity index (χ0n) is 5.67. The van der Waals surface area contributed by atoms with Crippen molar-refractivity contribution in [2.75, 3.05) is 5.73 Å². The number of rotatable bonds is 0. The molecule has 1 aromatic heterocycles. The van der Waals surface area contributed by atoms with Gasteiger partial charge in [-0.1, -0.05) is 11.6 Å². The molecule has 3 heteroatoms. The molecule has 0 atom stereocenters. The highest BCUT2D eigenvalue weighted by atomic mass is 35.5. The van der Waals surface area contributed by atoms with E-state index in [-0.39, 0.29) is 0 Å². The molecule has 0 spiro atoms. The van der Waals surface area contributed by atoms with Crippen molar-refractivity contribution in [2.24, 2.45) is 0 Å². The Hall–Kier alpha value is -0.730. The molecule has 0 saturated carbocycles. The Morgan fingerprint density at radius 3 is 2.91 bits per heavy atom. The third-order valence-electron chi connectivity index (χ3n) is 1.62. The average Bonchev–Trinajstić information content (AvgIpc) is 2.45. The summed E-state index contributed by atoms with van der Waals surface area (Å²) in [4.78, 5) is 0. The summed E-state index contributed by atoms with van der Waals surface area (Å²) in [6.07, 6.45) is 0. The van der Waals surface area contributed by atoms with Gasteiger partial charge < -0.3 is 5.73 Å². The van der Waals surface area contributed by atoms with E-state index in [0.29, 0.717) is 10.7 Å². The summed E-state index contributed by atoms with van der Waals surface area (Å²) in [5.41, 5.74) is 6.42. The van der Waals surface area contributed by atoms with Crippen LogP contribution >= 0.6 is 22.9 Å². The third kappa shape index (κ3) is 0.988. The van der Waals surface area contributed by atoms with Gasteiger partial charge >= 0.3 is 0 Å². The maximum atomic E-state index is 5.82. The normalized spacial score (nSPS) is 10.6. The first-order valence-corrected chi connectivity index (χ1v) is 4.46. The Morgan fingerprint density at radius 2 is 2.09 bits per heavy atom. The van der Waals surface area contributed by atoms with Gasteiger partial charge in [0.15, 0.2) is 0 Å². The molecule has 0 aliphatic carbocycles. The molecule has 1 heterocycles. The quantitative estimate of drug-likeness (QED) is 0.624. The lowest BCUT2D eigenvalue weighted by atomic mass is 10.2. The lowest BCUT2D eigenvalue weighted by molar-refractivity contribution is 1.79. The minimum absolute atomic E-state index is 0.635. The number of benzene rings is 1. The molecular formula is C8H6ClNS. The minimum atomic E-state index is 0.635. The van der Waals surface area contributed by atoms with Gasteiger partial charge in [-0.05, 0) is 23.6 Å². The number of hydrogen-bond donors (Lipinski definition) is 1. The molecule has 0 amide bonds. The summed E-state index contributed by atoms with van der Waals surface area (Å²) in [5.74, 6) is 0. The van der Waals surface area contributed by atoms with Crippen LogP contribution in [-0.4, -0.2) is 0 Å². The lowest BCUT2D eigenvalue weighted by Gasteiger charge is -1.97. The highest BCUT2D eigenvalue weighted by Gasteiger charge is 2.01. The van der Waals surface area contributed by atoms with Gasteiger partial charge in [-0.2, -0.15) is 0 Å². The van der Waals surface area contributed by atoms with Gasteiger partial charge in [0.1, 0.15) is 0 Å². The van der Waals surface area contributed by atoms with Crippen LogP contribution in [0.1, 0.15) is 0 Å². The fourth-order valence-corrected chi connectivity index (χ4v) is 2.01. The first-order valence-electron chi connectivity index (χ1n) is 3.20. The van der Waals surface area contributed by atoms with Crippen LogP contribution < -0.4 is 5.73 Å². The van der Waals surface area contributed by atoms with Crippen molar-refractivity contribution in [3.63, 3.8) is 0 Å². The number of hydrogen-bond acceptors (Lipinski definition) is 2. The van der Waals surface area contributed by atoms with Crippen LogP contribution in [0.5, 0.6) is 0 Å². The van der Waals surface area contributed by atoms with Gasteiger partial charge in [-0.15, -0.1) is 11.3 Å². The number of thiophene rings is 1. The van der Waals surface area contributed by atoms with Gasteiger partial charge in [0.25, 0.3) is 0 Å². The highest BCUT2D eigenvalue weighted by Crippen LogP contribution is 2.31. The van der Waals surface area contributed by atoms with Crippen molar-refractivity contribution in [1.29, 1.82) is 0 Å². The predicted octanol–water partition coefficient (Wildman–Crippen LogP) is 3.14. The summed E-state index contributed by atoms with van der Waals surface area (Å²) in [7, 11) is 0. The second-order valence-electron chi connectivity index (χ2n) is 2.29. The first kappa shape index (κ1) is 6.95. The topological polar surface area (TPSA) is 26.0 Å². The number of nitrogens with two attached hydrogens (primary N) is 1. The second-order valence-corrected chi connectivity index (χ2v) is 3.65. The monoisotopic (exact) mass is 183 g/mol. The molecule has 56 valence electrons. The minimum Gasteiger partial charge on any atom is -0.397 e. The Labute approximate surface area is 73.4 Å². The van der Waals surface area contributed by atoms with E-state index < -0.39 is 0 Å². The van der Waals surface area contributed by atoms with Crippen LogP contribution in [-0.2, 0) is 0 Å². The predicted molar refractivity (Wildman–Crippen MR) is 51.2 cm³/mol. The largest absolute Gasteiger partial charge is 0.397 e. The maximum Gasteiger partial charge on any atom is 0.0642 e. The Balaban J connectivity index is 2.93. The number of nitrogen functional groups attached to an aromatic ring is 1. The van der Waals surface area contributed by atoms with Crippen molar-refractivity contribution < 1.29 is 0 Å². The maximum absolute atomic E-state index is 5.82. The van der Waals surface area contributed by atoms with E-state index in [9.17, 15) is 0 Å². The van der Waals surface area contributed by atoms with Crippen LogP contribution in [0.2, 0.25) is 5.02 Å². The van der Waals surface area contributed by atoms with Crippen molar-refractivity contribution in [1.82, 2.24) is 0 Å². The van der Waals surface area contributed by atoms with Gasteiger partial charge in [-0.25, -0.2) is 0 Å². The molecule has 1 aromatic carbocycles. The standard InChI is InChI=1S/C8H6ClNS/c9-6-1-2-7-5(8(6)10)3-4-11-7/h1-4H,10H2. The van der Waals surface area contributed by atoms with Crippen LogP contribution in [0.4, 0.5) is 5.69 Å². The molecule has 2 N–H and O–H groups in total. The van der Waals surface area contributed by atoms with Crippen molar-refractivity contribution >= 4 is 38.7 Å². The smallest absolute Gasteiger partial charge is 0.0642 e. The fourth-order valence-electron chi connectivity index (χ4n) is 1.04. The van der Waals surface area contributed by atoms with E-state index in [1.165, 1.54) is 4.70 Å². The summed E-state index contributed by atoms with van der Waals surface area (Å²) < 4.78 is 1.19. The van der Waals surface area contributed by atoms with E-state index in [2.05, 4.69) is 0 Å². The summed E-state index contributed by atoms with van der Waals surface area (Å²) in [5, 5.41) is 3.70. The molecule has 0 fully saturated rings. The Morgan fingerprint density at radius 1 is 1.27 bits per heavy atom. The van der Waals surface area contributed by atoms with Crippen LogP contribution in [0.3, 0.4) is 0 Å². The molecule has 0 saturated heterocycles. The average molecular weight is 184 g/mol. The Kier molecular flexibility index (Phi) is 1.51. The second kappa shape index (κ2) is 2.40. The van der Waals surface area contributed by atoms with Crippen molar-refractivity contribution in [3.8, 4) is 0 Å². The highest BCUT2D eigenvalue weighted by molar-refractivity contribution is 7.17. The van der Waals surface area contributed by atoms with Crippen LogP contribution in [0.15, 0.2) is 23.6 Å². The van der Waals surface area contributed by atoms with Crippen LogP contribution in [0, 0.1) is 0 Å². The fraction of sp³-hybridized carbons (Fsp3) is 0. The molecule has 0 aliphatic rings. The number of halogens is 1. The first-order chi connectivity index (χ1) is 5.29. The molecule has 0 radical (unpaired) electrons. The molecule has 2 rings (SSSR count). The van der Waals surface area contributed by atoms with E-state index in [1.54, 1.807) is 11.3 Å². The molecule has 11 heavy (non-hydrogen) atoms. The van der Waals surface area contributed by atoms with E-state index in [4.69, 9.17) is 17.3 Å². The van der Waals surface area contributed by atoms with Gasteiger partial charge in [0.05, 0.1) is 10.7 Å². The van der Waals surface area contributed by atoms with E-state index >= 15 is 0 Å². The zero-order valence-corrected chi connectivity index (χ0v) is 7.25. The van der Waals surface area contributed by atoms with E-state index in [0.717, 1.165) is 5.39 Å². The van der Waals surface area contributed by atoms with E-state index in [1.807, 2.05) is 23.6 Å². The number of anilines is 1. The molecule has 2 aromatic rings. The summed E-state index contributed by atoms with van der Waals surface area (Å²) in [6.45, 7) is 0. The van der Waals surface area contributed by atoms with Gasteiger partial charge in [-0.3, -0.25) is 0 Å². The number of fused-ring (bicyclic) bond motifs is 1. The van der Waals surface area contributed by atoms with Crippen molar-refractivity contribution in [3.05, 3.63) is 28.6 Å². The zero-order chi connectivity index (χ0) is 7.84. The summed E-state index contributed by atoms with van der Waals surface area (Å²) >= 11 is 7.50. The van der Waals surface area contributed by atoms with Crippen LogP contribution in [0.25, 0.3) is 10.1 Å². The summed E-state index contributed by atoms with van der Waals surface area (Å²) in [6, 6.07) is 5.80. The lowest BCUT2D eigenvalue weighted by Crippen LogP contribution is -1.85. The molecule has 0 aliphatic heterocycles. The van der Waals surface area contributed by atoms with Gasteiger partial charge in [0, 0.05) is 10.1 Å². The Bertz CT molecular complexity index is 394. The van der Waals surface area contributed by atoms with Crippen molar-refractivity contribution in [2.45, 2.75) is 0 Å². The molecule has 0 unspecified atom stereocenters. The van der Waals surface area contributed by atoms with Gasteiger partial charge in [0.2, 0.25) is 0 Å². The molecular weight excluding hydrogens is 178 g/mol. The third-order valence-corrected chi connectivity index (χ3v) is 2.84. The SMILES string of the molecule is Nc1c(Cl)ccc2sccc12.